The molecule has 5 heteroatoms. The number of aliphatic hydroxyl groups excluding tert-OH is 1. The van der Waals surface area contributed by atoms with E-state index in [2.05, 4.69) is 37.1 Å². The second kappa shape index (κ2) is 9.05. The van der Waals surface area contributed by atoms with E-state index in [1.807, 2.05) is 24.8 Å². The highest BCUT2D eigenvalue weighted by atomic mass is 16.3. The maximum atomic E-state index is 12.2. The Balaban J connectivity index is 1.96. The monoisotopic (exact) mass is 363 g/mol. The Labute approximate surface area is 159 Å². The normalized spacial score (nSPS) is 23.4. The predicted molar refractivity (Wildman–Crippen MR) is 107 cm³/mol. The minimum Gasteiger partial charge on any atom is -0.375 e. The van der Waals surface area contributed by atoms with Crippen LogP contribution < -0.4 is 5.32 Å². The van der Waals surface area contributed by atoms with Crippen LogP contribution in [0.1, 0.15) is 60.3 Å². The Bertz CT molecular complexity index is 551. The average Bonchev–Trinajstić information content (AvgIpc) is 2.79. The lowest BCUT2D eigenvalue weighted by molar-refractivity contribution is 0.0452. The van der Waals surface area contributed by atoms with Crippen LogP contribution in [0.25, 0.3) is 0 Å². The molecule has 0 aromatic heterocycles. The van der Waals surface area contributed by atoms with Crippen molar-refractivity contribution in [2.45, 2.75) is 72.6 Å². The van der Waals surface area contributed by atoms with Crippen LogP contribution in [-0.4, -0.2) is 59.4 Å². The molecule has 2 amide bonds. The van der Waals surface area contributed by atoms with E-state index in [4.69, 9.17) is 0 Å². The summed E-state index contributed by atoms with van der Waals surface area (Å²) in [4.78, 5) is 16.1. The summed E-state index contributed by atoms with van der Waals surface area (Å²) < 4.78 is 0. The Morgan fingerprint density at radius 3 is 2.58 bits per heavy atom. The van der Waals surface area contributed by atoms with Crippen molar-refractivity contribution < 1.29 is 9.90 Å². The van der Waals surface area contributed by atoms with Gasteiger partial charge in [0.05, 0.1) is 0 Å². The Hall–Kier alpha value is -1.33. The molecule has 1 aliphatic heterocycles. The number of amides is 2. The molecular weight excluding hydrogens is 326 g/mol. The first-order chi connectivity index (χ1) is 12.2. The van der Waals surface area contributed by atoms with Crippen LogP contribution in [0.15, 0.2) is 23.3 Å². The number of urea groups is 1. The van der Waals surface area contributed by atoms with Gasteiger partial charge in [0.15, 0.2) is 0 Å². The summed E-state index contributed by atoms with van der Waals surface area (Å²) in [5.41, 5.74) is 3.00. The van der Waals surface area contributed by atoms with Crippen molar-refractivity contribution in [2.75, 3.05) is 26.2 Å². The lowest BCUT2D eigenvalue weighted by Crippen LogP contribution is -2.45. The minimum absolute atomic E-state index is 0.00313. The standard InChI is InChI=1S/C21H37N3O2/c1-16(2)22-20(26)24-13-7-12-23(14-15-24)19(25)10-9-18-17(3)8-6-11-21(18,4)5/h9-10,16,19,25H,6-8,11-15H2,1-5H3,(H,22,26)/b10-9+. The van der Waals surface area contributed by atoms with Crippen molar-refractivity contribution in [1.82, 2.24) is 15.1 Å². The van der Waals surface area contributed by atoms with Crippen LogP contribution in [0.4, 0.5) is 4.79 Å². The topological polar surface area (TPSA) is 55.8 Å². The highest BCUT2D eigenvalue weighted by Gasteiger charge is 2.27. The second-order valence-corrected chi connectivity index (χ2v) is 8.68. The fourth-order valence-electron chi connectivity index (χ4n) is 4.06. The summed E-state index contributed by atoms with van der Waals surface area (Å²) in [5, 5.41) is 13.6. The van der Waals surface area contributed by atoms with E-state index in [9.17, 15) is 9.90 Å². The molecule has 1 saturated heterocycles. The summed E-state index contributed by atoms with van der Waals surface area (Å²) in [7, 11) is 0. The van der Waals surface area contributed by atoms with Gasteiger partial charge in [-0.25, -0.2) is 4.79 Å². The van der Waals surface area contributed by atoms with Gasteiger partial charge >= 0.3 is 6.03 Å². The Kier molecular flexibility index (Phi) is 7.30. The maximum absolute atomic E-state index is 12.2. The molecule has 0 radical (unpaired) electrons. The van der Waals surface area contributed by atoms with Crippen molar-refractivity contribution in [3.05, 3.63) is 23.3 Å². The van der Waals surface area contributed by atoms with Gasteiger partial charge in [-0.15, -0.1) is 0 Å². The number of rotatable bonds is 4. The van der Waals surface area contributed by atoms with Crippen LogP contribution in [0, 0.1) is 5.41 Å². The van der Waals surface area contributed by atoms with Gasteiger partial charge in [0.2, 0.25) is 0 Å². The van der Waals surface area contributed by atoms with E-state index >= 15 is 0 Å². The maximum Gasteiger partial charge on any atom is 0.317 e. The Morgan fingerprint density at radius 2 is 1.92 bits per heavy atom. The molecule has 5 nitrogen and oxygen atoms in total. The van der Waals surface area contributed by atoms with Gasteiger partial charge in [0.25, 0.3) is 0 Å². The van der Waals surface area contributed by atoms with Crippen LogP contribution in [-0.2, 0) is 0 Å². The predicted octanol–water partition coefficient (Wildman–Crippen LogP) is 3.51. The van der Waals surface area contributed by atoms with Gasteiger partial charge in [-0.1, -0.05) is 25.5 Å². The molecular formula is C21H37N3O2. The number of hydrogen-bond acceptors (Lipinski definition) is 3. The van der Waals surface area contributed by atoms with Crippen molar-refractivity contribution in [3.8, 4) is 0 Å². The molecule has 0 spiro atoms. The van der Waals surface area contributed by atoms with E-state index in [-0.39, 0.29) is 17.5 Å². The molecule has 0 saturated carbocycles. The van der Waals surface area contributed by atoms with Gasteiger partial charge < -0.3 is 15.3 Å². The molecule has 26 heavy (non-hydrogen) atoms. The minimum atomic E-state index is -0.596. The van der Waals surface area contributed by atoms with Gasteiger partial charge in [-0.05, 0) is 63.5 Å². The van der Waals surface area contributed by atoms with Crippen LogP contribution in [0.3, 0.4) is 0 Å². The summed E-state index contributed by atoms with van der Waals surface area (Å²) >= 11 is 0. The average molecular weight is 364 g/mol. The Morgan fingerprint density at radius 1 is 1.19 bits per heavy atom. The number of carbonyl (C=O) groups is 1. The van der Waals surface area contributed by atoms with Crippen LogP contribution in [0.2, 0.25) is 0 Å². The van der Waals surface area contributed by atoms with Gasteiger partial charge in [-0.3, -0.25) is 4.90 Å². The number of hydrogen-bond donors (Lipinski definition) is 2. The zero-order valence-corrected chi connectivity index (χ0v) is 17.2. The van der Waals surface area contributed by atoms with Crippen molar-refractivity contribution in [2.24, 2.45) is 5.41 Å². The molecule has 1 atom stereocenters. The summed E-state index contributed by atoms with van der Waals surface area (Å²) in [6.07, 6.45) is 7.94. The SMILES string of the molecule is CC1=C(/C=C/C(O)N2CCCN(C(=O)NC(C)C)CC2)C(C)(C)CCC1. The zero-order valence-electron chi connectivity index (χ0n) is 17.2. The first kappa shape index (κ1) is 21.0. The lowest BCUT2D eigenvalue weighted by Gasteiger charge is -2.33. The summed E-state index contributed by atoms with van der Waals surface area (Å²) in [6, 6.07) is 0.141. The third-order valence-corrected chi connectivity index (χ3v) is 5.58. The number of nitrogens with zero attached hydrogens (tertiary/aromatic N) is 2. The number of allylic oxidation sites excluding steroid dienone is 3. The van der Waals surface area contributed by atoms with Crippen molar-refractivity contribution in [3.63, 3.8) is 0 Å². The lowest BCUT2D eigenvalue weighted by atomic mass is 9.72. The smallest absolute Gasteiger partial charge is 0.317 e. The third kappa shape index (κ3) is 5.58. The molecule has 0 bridgehead atoms. The van der Waals surface area contributed by atoms with Gasteiger partial charge in [-0.2, -0.15) is 0 Å². The molecule has 2 aliphatic rings. The summed E-state index contributed by atoms with van der Waals surface area (Å²) in [5.74, 6) is 0. The van der Waals surface area contributed by atoms with Crippen LogP contribution >= 0.6 is 0 Å². The van der Waals surface area contributed by atoms with E-state index in [1.54, 1.807) is 0 Å². The largest absolute Gasteiger partial charge is 0.375 e. The molecule has 1 fully saturated rings. The molecule has 1 aliphatic carbocycles. The molecule has 2 N–H and O–H groups in total. The van der Waals surface area contributed by atoms with E-state index in [0.717, 1.165) is 25.9 Å². The number of nitrogens with one attached hydrogen (secondary N) is 1. The van der Waals surface area contributed by atoms with E-state index in [0.29, 0.717) is 13.1 Å². The van der Waals surface area contributed by atoms with Gasteiger partial charge in [0.1, 0.15) is 6.23 Å². The summed E-state index contributed by atoms with van der Waals surface area (Å²) in [6.45, 7) is 13.6. The fraction of sp³-hybridized carbons (Fsp3) is 0.762. The molecule has 0 aromatic rings. The van der Waals surface area contributed by atoms with Crippen molar-refractivity contribution in [1.29, 1.82) is 0 Å². The van der Waals surface area contributed by atoms with E-state index < -0.39 is 6.23 Å². The quantitative estimate of drug-likeness (QED) is 0.804. The van der Waals surface area contributed by atoms with Crippen molar-refractivity contribution >= 4 is 6.03 Å². The highest BCUT2D eigenvalue weighted by Crippen LogP contribution is 2.40. The molecule has 148 valence electrons. The third-order valence-electron chi connectivity index (χ3n) is 5.58. The number of aliphatic hydroxyl groups is 1. The van der Waals surface area contributed by atoms with Crippen LogP contribution in [0.5, 0.6) is 0 Å². The second-order valence-electron chi connectivity index (χ2n) is 8.68. The molecule has 1 unspecified atom stereocenters. The highest BCUT2D eigenvalue weighted by molar-refractivity contribution is 5.74. The molecule has 1 heterocycles. The molecule has 2 rings (SSSR count). The first-order valence-corrected chi connectivity index (χ1v) is 10.1. The number of carbonyl (C=O) groups excluding carboxylic acids is 1. The molecule has 0 aromatic carbocycles. The fourth-order valence-corrected chi connectivity index (χ4v) is 4.06. The van der Waals surface area contributed by atoms with Gasteiger partial charge in [0, 0.05) is 32.2 Å². The van der Waals surface area contributed by atoms with E-state index in [1.165, 1.54) is 24.0 Å². The zero-order chi connectivity index (χ0) is 19.3. The first-order valence-electron chi connectivity index (χ1n) is 10.1.